The van der Waals surface area contributed by atoms with Gasteiger partial charge in [0.25, 0.3) is 0 Å². The Hall–Kier alpha value is -2.24. The number of carboxylic acid groups (broad SMARTS) is 1. The fourth-order valence-corrected chi connectivity index (χ4v) is 3.01. The van der Waals surface area contributed by atoms with E-state index >= 15 is 0 Å². The van der Waals surface area contributed by atoms with E-state index in [0.717, 1.165) is 0 Å². The predicted molar refractivity (Wildman–Crippen MR) is 79.1 cm³/mol. The van der Waals surface area contributed by atoms with Crippen molar-refractivity contribution in [3.8, 4) is 11.5 Å². The maximum atomic E-state index is 12.4. The van der Waals surface area contributed by atoms with Crippen LogP contribution in [-0.2, 0) is 9.59 Å². The molecule has 2 N–H and O–H groups in total. The van der Waals surface area contributed by atoms with Crippen LogP contribution in [0.1, 0.15) is 25.7 Å². The van der Waals surface area contributed by atoms with Crippen LogP contribution in [0, 0.1) is 11.8 Å². The number of para-hydroxylation sites is 1. The van der Waals surface area contributed by atoms with Gasteiger partial charge in [-0.05, 0) is 37.8 Å². The van der Waals surface area contributed by atoms with E-state index < -0.39 is 5.97 Å². The Bertz CT molecular complexity index is 578. The first kappa shape index (κ1) is 14.7. The molecule has 22 heavy (non-hydrogen) atoms. The van der Waals surface area contributed by atoms with Crippen molar-refractivity contribution in [1.29, 1.82) is 0 Å². The third kappa shape index (κ3) is 3.00. The molecule has 0 bridgehead atoms. The van der Waals surface area contributed by atoms with E-state index in [1.807, 2.05) is 12.1 Å². The summed E-state index contributed by atoms with van der Waals surface area (Å²) in [4.78, 5) is 23.3. The SMILES string of the molecule is O=C(O)C1CCC(C(=O)Nc2cccc3c2OCCO3)CC1. The molecule has 1 saturated carbocycles. The van der Waals surface area contributed by atoms with Gasteiger partial charge in [-0.1, -0.05) is 6.07 Å². The maximum absolute atomic E-state index is 12.4. The van der Waals surface area contributed by atoms with Crippen molar-refractivity contribution in [1.82, 2.24) is 0 Å². The van der Waals surface area contributed by atoms with E-state index in [1.165, 1.54) is 0 Å². The average Bonchev–Trinajstić information content (AvgIpc) is 2.55. The zero-order valence-electron chi connectivity index (χ0n) is 12.2. The molecule has 3 rings (SSSR count). The van der Waals surface area contributed by atoms with Crippen LogP contribution >= 0.6 is 0 Å². The molecule has 0 unspecified atom stereocenters. The van der Waals surface area contributed by atoms with Gasteiger partial charge in [0.05, 0.1) is 11.6 Å². The van der Waals surface area contributed by atoms with Gasteiger partial charge in [-0.15, -0.1) is 0 Å². The highest BCUT2D eigenvalue weighted by atomic mass is 16.6. The number of aliphatic carboxylic acids is 1. The lowest BCUT2D eigenvalue weighted by atomic mass is 9.81. The first-order valence-corrected chi connectivity index (χ1v) is 7.57. The number of benzene rings is 1. The number of carboxylic acids is 1. The Morgan fingerprint density at radius 2 is 1.73 bits per heavy atom. The standard InChI is InChI=1S/C16H19NO5/c18-15(10-4-6-11(7-5-10)16(19)20)17-12-2-1-3-13-14(12)22-9-8-21-13/h1-3,10-11H,4-9H2,(H,17,18)(H,19,20). The second-order valence-corrected chi connectivity index (χ2v) is 5.71. The van der Waals surface area contributed by atoms with Crippen molar-refractivity contribution < 1.29 is 24.2 Å². The Morgan fingerprint density at radius 3 is 2.45 bits per heavy atom. The largest absolute Gasteiger partial charge is 0.486 e. The Balaban J connectivity index is 1.64. The summed E-state index contributed by atoms with van der Waals surface area (Å²) >= 11 is 0. The number of hydrogen-bond acceptors (Lipinski definition) is 4. The summed E-state index contributed by atoms with van der Waals surface area (Å²) in [6.07, 6.45) is 2.32. The average molecular weight is 305 g/mol. The highest BCUT2D eigenvalue weighted by Gasteiger charge is 2.30. The molecule has 1 amide bonds. The fraction of sp³-hybridized carbons (Fsp3) is 0.500. The van der Waals surface area contributed by atoms with Crippen molar-refractivity contribution in [2.45, 2.75) is 25.7 Å². The molecule has 1 aromatic carbocycles. The minimum Gasteiger partial charge on any atom is -0.486 e. The molecule has 1 heterocycles. The molecule has 0 spiro atoms. The molecule has 1 aromatic rings. The zero-order chi connectivity index (χ0) is 15.5. The van der Waals surface area contributed by atoms with Crippen LogP contribution in [-0.4, -0.2) is 30.2 Å². The van der Waals surface area contributed by atoms with Crippen molar-refractivity contribution >= 4 is 17.6 Å². The monoisotopic (exact) mass is 305 g/mol. The van der Waals surface area contributed by atoms with E-state index in [1.54, 1.807) is 6.07 Å². The fourth-order valence-electron chi connectivity index (χ4n) is 3.01. The molecule has 1 fully saturated rings. The zero-order valence-corrected chi connectivity index (χ0v) is 12.2. The molecule has 6 nitrogen and oxygen atoms in total. The highest BCUT2D eigenvalue weighted by Crippen LogP contribution is 2.38. The first-order valence-electron chi connectivity index (χ1n) is 7.57. The summed E-state index contributed by atoms with van der Waals surface area (Å²) in [5.41, 5.74) is 0.613. The number of carbonyl (C=O) groups excluding carboxylic acids is 1. The Kier molecular flexibility index (Phi) is 4.18. The van der Waals surface area contributed by atoms with Crippen molar-refractivity contribution in [3.63, 3.8) is 0 Å². The summed E-state index contributed by atoms with van der Waals surface area (Å²) in [5, 5.41) is 11.9. The molecule has 0 saturated heterocycles. The van der Waals surface area contributed by atoms with Gasteiger partial charge in [0.2, 0.25) is 5.91 Å². The van der Waals surface area contributed by atoms with Crippen LogP contribution in [0.3, 0.4) is 0 Å². The molecule has 1 aliphatic carbocycles. The van der Waals surface area contributed by atoms with E-state index in [0.29, 0.717) is 56.1 Å². The van der Waals surface area contributed by atoms with Gasteiger partial charge < -0.3 is 19.9 Å². The number of rotatable bonds is 3. The summed E-state index contributed by atoms with van der Waals surface area (Å²) in [7, 11) is 0. The number of hydrogen-bond donors (Lipinski definition) is 2. The van der Waals surface area contributed by atoms with Gasteiger partial charge in [0.15, 0.2) is 11.5 Å². The topological polar surface area (TPSA) is 84.9 Å². The van der Waals surface area contributed by atoms with E-state index in [4.69, 9.17) is 14.6 Å². The molecule has 0 atom stereocenters. The van der Waals surface area contributed by atoms with Gasteiger partial charge in [-0.25, -0.2) is 0 Å². The highest BCUT2D eigenvalue weighted by molar-refractivity contribution is 5.94. The minimum absolute atomic E-state index is 0.0774. The van der Waals surface area contributed by atoms with Gasteiger partial charge in [-0.2, -0.15) is 0 Å². The third-order valence-corrected chi connectivity index (χ3v) is 4.27. The number of carbonyl (C=O) groups is 2. The van der Waals surface area contributed by atoms with Gasteiger partial charge in [0, 0.05) is 5.92 Å². The molecule has 1 aliphatic heterocycles. The number of ether oxygens (including phenoxy) is 2. The molecule has 0 aromatic heterocycles. The number of anilines is 1. The minimum atomic E-state index is -0.762. The number of nitrogens with one attached hydrogen (secondary N) is 1. The quantitative estimate of drug-likeness (QED) is 0.895. The molecule has 118 valence electrons. The lowest BCUT2D eigenvalue weighted by Gasteiger charge is -2.26. The second-order valence-electron chi connectivity index (χ2n) is 5.71. The van der Waals surface area contributed by atoms with Gasteiger partial charge in [0.1, 0.15) is 13.2 Å². The van der Waals surface area contributed by atoms with Crippen LogP contribution < -0.4 is 14.8 Å². The molecule has 0 radical (unpaired) electrons. The maximum Gasteiger partial charge on any atom is 0.306 e. The molecular weight excluding hydrogens is 286 g/mol. The molecule has 6 heteroatoms. The third-order valence-electron chi connectivity index (χ3n) is 4.27. The van der Waals surface area contributed by atoms with Crippen LogP contribution in [0.25, 0.3) is 0 Å². The summed E-state index contributed by atoms with van der Waals surface area (Å²) in [6, 6.07) is 5.40. The van der Waals surface area contributed by atoms with Crippen molar-refractivity contribution in [3.05, 3.63) is 18.2 Å². The second kappa shape index (κ2) is 6.25. The molecular formula is C16H19NO5. The number of fused-ring (bicyclic) bond motifs is 1. The summed E-state index contributed by atoms with van der Waals surface area (Å²) < 4.78 is 11.1. The smallest absolute Gasteiger partial charge is 0.306 e. The normalized spacial score (nSPS) is 23.6. The van der Waals surface area contributed by atoms with Crippen molar-refractivity contribution in [2.24, 2.45) is 11.8 Å². The van der Waals surface area contributed by atoms with Gasteiger partial charge >= 0.3 is 5.97 Å². The van der Waals surface area contributed by atoms with Crippen LogP contribution in [0.4, 0.5) is 5.69 Å². The summed E-state index contributed by atoms with van der Waals surface area (Å²) in [6.45, 7) is 0.965. The lowest BCUT2D eigenvalue weighted by Crippen LogP contribution is -2.30. The van der Waals surface area contributed by atoms with E-state index in [9.17, 15) is 9.59 Å². The summed E-state index contributed by atoms with van der Waals surface area (Å²) in [5.74, 6) is -0.0888. The van der Waals surface area contributed by atoms with Crippen LogP contribution in [0.15, 0.2) is 18.2 Å². The van der Waals surface area contributed by atoms with Crippen molar-refractivity contribution in [2.75, 3.05) is 18.5 Å². The Morgan fingerprint density at radius 1 is 1.05 bits per heavy atom. The lowest BCUT2D eigenvalue weighted by molar-refractivity contribution is -0.143. The Labute approximate surface area is 128 Å². The molecule has 2 aliphatic rings. The van der Waals surface area contributed by atoms with Crippen LogP contribution in [0.2, 0.25) is 0 Å². The van der Waals surface area contributed by atoms with Crippen LogP contribution in [0.5, 0.6) is 11.5 Å². The first-order chi connectivity index (χ1) is 10.6. The van der Waals surface area contributed by atoms with Gasteiger partial charge in [-0.3, -0.25) is 9.59 Å². The van der Waals surface area contributed by atoms with E-state index in [2.05, 4.69) is 5.32 Å². The van der Waals surface area contributed by atoms with E-state index in [-0.39, 0.29) is 17.7 Å². The number of amides is 1. The predicted octanol–water partition coefficient (Wildman–Crippen LogP) is 2.29.